The molecule has 0 N–H and O–H groups in total. The van der Waals surface area contributed by atoms with Crippen LogP contribution in [0.5, 0.6) is 0 Å². The van der Waals surface area contributed by atoms with E-state index in [-0.39, 0.29) is 18.9 Å². The Labute approximate surface area is 143 Å². The van der Waals surface area contributed by atoms with E-state index in [1.165, 1.54) is 12.5 Å². The topological polar surface area (TPSA) is 75.6 Å². The molecule has 7 nitrogen and oxygen atoms in total. The highest BCUT2D eigenvalue weighted by molar-refractivity contribution is 5.76. The van der Waals surface area contributed by atoms with E-state index in [0.717, 1.165) is 0 Å². The number of rotatable bonds is 6. The molecule has 1 aliphatic rings. The minimum Gasteiger partial charge on any atom is -0.472 e. The summed E-state index contributed by atoms with van der Waals surface area (Å²) < 4.78 is 35.1. The molecule has 0 bridgehead atoms. The summed E-state index contributed by atoms with van der Waals surface area (Å²) in [6, 6.07) is 1.72. The average molecular weight is 354 g/mol. The number of halogens is 2. The first kappa shape index (κ1) is 17.5. The highest BCUT2D eigenvalue weighted by atomic mass is 19.3. The highest BCUT2D eigenvalue weighted by Crippen LogP contribution is 2.16. The quantitative estimate of drug-likeness (QED) is 0.790. The molecule has 25 heavy (non-hydrogen) atoms. The molecule has 0 aromatic carbocycles. The van der Waals surface area contributed by atoms with Crippen LogP contribution in [0.4, 0.5) is 8.78 Å². The summed E-state index contributed by atoms with van der Waals surface area (Å²) in [4.78, 5) is 20.0. The second kappa shape index (κ2) is 8.19. The SMILES string of the molecule is O=C(CCc1nc(-c2ccoc2)no1)N1CCCN(CC(F)F)CC1. The molecule has 3 heterocycles. The zero-order chi connectivity index (χ0) is 17.6. The summed E-state index contributed by atoms with van der Waals surface area (Å²) in [5.41, 5.74) is 0.716. The van der Waals surface area contributed by atoms with Gasteiger partial charge in [0.05, 0.1) is 18.4 Å². The Balaban J connectivity index is 1.48. The van der Waals surface area contributed by atoms with Gasteiger partial charge in [-0.25, -0.2) is 8.78 Å². The smallest absolute Gasteiger partial charge is 0.251 e. The van der Waals surface area contributed by atoms with Gasteiger partial charge < -0.3 is 13.8 Å². The number of nitrogens with zero attached hydrogens (tertiary/aromatic N) is 4. The fourth-order valence-electron chi connectivity index (χ4n) is 2.84. The Kier molecular flexibility index (Phi) is 5.75. The molecule has 0 atom stereocenters. The maximum Gasteiger partial charge on any atom is 0.251 e. The van der Waals surface area contributed by atoms with E-state index in [1.807, 2.05) is 0 Å². The third-order valence-electron chi connectivity index (χ3n) is 4.14. The van der Waals surface area contributed by atoms with Crippen LogP contribution >= 0.6 is 0 Å². The van der Waals surface area contributed by atoms with Crippen LogP contribution in [-0.4, -0.2) is 65.0 Å². The number of aryl methyl sites for hydroxylation is 1. The molecule has 1 aliphatic heterocycles. The molecule has 2 aromatic rings. The number of carbonyl (C=O) groups excluding carboxylic acids is 1. The molecule has 1 fully saturated rings. The molecule has 0 unspecified atom stereocenters. The molecule has 1 saturated heterocycles. The van der Waals surface area contributed by atoms with Gasteiger partial charge in [-0.2, -0.15) is 4.98 Å². The first-order valence-electron chi connectivity index (χ1n) is 8.25. The van der Waals surface area contributed by atoms with Crippen molar-refractivity contribution in [1.82, 2.24) is 19.9 Å². The summed E-state index contributed by atoms with van der Waals surface area (Å²) in [5.74, 6) is 0.786. The number of hydrogen-bond acceptors (Lipinski definition) is 6. The number of carbonyl (C=O) groups is 1. The molecule has 136 valence electrons. The van der Waals surface area contributed by atoms with Crippen LogP contribution in [0.25, 0.3) is 11.4 Å². The lowest BCUT2D eigenvalue weighted by Gasteiger charge is -2.21. The molecule has 0 spiro atoms. The zero-order valence-electron chi connectivity index (χ0n) is 13.7. The predicted octanol–water partition coefficient (Wildman–Crippen LogP) is 2.06. The van der Waals surface area contributed by atoms with Crippen molar-refractivity contribution in [1.29, 1.82) is 0 Å². The Bertz CT molecular complexity index is 675. The minimum atomic E-state index is -2.34. The second-order valence-electron chi connectivity index (χ2n) is 5.95. The van der Waals surface area contributed by atoms with Crippen molar-refractivity contribution in [3.8, 4) is 11.4 Å². The maximum absolute atomic E-state index is 12.5. The van der Waals surface area contributed by atoms with E-state index in [9.17, 15) is 13.6 Å². The van der Waals surface area contributed by atoms with Crippen molar-refractivity contribution in [2.24, 2.45) is 0 Å². The van der Waals surface area contributed by atoms with Crippen molar-refractivity contribution in [2.45, 2.75) is 25.7 Å². The molecule has 3 rings (SSSR count). The van der Waals surface area contributed by atoms with Crippen LogP contribution in [0.15, 0.2) is 27.5 Å². The standard InChI is InChI=1S/C16H20F2N4O3/c17-13(18)10-21-5-1-6-22(8-7-21)15(23)3-2-14-19-16(20-25-14)12-4-9-24-11-12/h4,9,11,13H,1-3,5-8,10H2. The van der Waals surface area contributed by atoms with E-state index in [1.54, 1.807) is 15.9 Å². The molecule has 2 aromatic heterocycles. The molecule has 0 aliphatic carbocycles. The van der Waals surface area contributed by atoms with Gasteiger partial charge in [-0.15, -0.1) is 0 Å². The predicted molar refractivity (Wildman–Crippen MR) is 84.0 cm³/mol. The normalized spacial score (nSPS) is 16.4. The summed E-state index contributed by atoms with van der Waals surface area (Å²) in [6.45, 7) is 1.88. The van der Waals surface area contributed by atoms with Gasteiger partial charge in [0, 0.05) is 39.0 Å². The lowest BCUT2D eigenvalue weighted by Crippen LogP contribution is -2.36. The Morgan fingerprint density at radius 1 is 1.28 bits per heavy atom. The monoisotopic (exact) mass is 354 g/mol. The molecular weight excluding hydrogens is 334 g/mol. The van der Waals surface area contributed by atoms with Crippen LogP contribution in [0.3, 0.4) is 0 Å². The molecule has 1 amide bonds. The summed E-state index contributed by atoms with van der Waals surface area (Å²) >= 11 is 0. The van der Waals surface area contributed by atoms with E-state index in [4.69, 9.17) is 8.94 Å². The van der Waals surface area contributed by atoms with Crippen molar-refractivity contribution in [3.05, 3.63) is 24.5 Å². The summed E-state index contributed by atoms with van der Waals surface area (Å²) in [6.07, 6.45) is 1.99. The first-order valence-corrected chi connectivity index (χ1v) is 8.25. The Morgan fingerprint density at radius 2 is 2.16 bits per heavy atom. The summed E-state index contributed by atoms with van der Waals surface area (Å²) in [5, 5.41) is 3.85. The van der Waals surface area contributed by atoms with E-state index < -0.39 is 6.43 Å². The van der Waals surface area contributed by atoms with Crippen LogP contribution < -0.4 is 0 Å². The van der Waals surface area contributed by atoms with E-state index in [0.29, 0.717) is 56.3 Å². The van der Waals surface area contributed by atoms with Crippen molar-refractivity contribution >= 4 is 5.91 Å². The number of amides is 1. The zero-order valence-corrected chi connectivity index (χ0v) is 13.7. The van der Waals surface area contributed by atoms with Gasteiger partial charge in [0.1, 0.15) is 6.26 Å². The van der Waals surface area contributed by atoms with E-state index >= 15 is 0 Å². The third-order valence-corrected chi connectivity index (χ3v) is 4.14. The van der Waals surface area contributed by atoms with Gasteiger partial charge in [0.2, 0.25) is 17.6 Å². The van der Waals surface area contributed by atoms with Crippen LogP contribution in [0.2, 0.25) is 0 Å². The molecule has 0 saturated carbocycles. The fourth-order valence-corrected chi connectivity index (χ4v) is 2.84. The van der Waals surface area contributed by atoms with Crippen molar-refractivity contribution < 1.29 is 22.5 Å². The fraction of sp³-hybridized carbons (Fsp3) is 0.562. The Hall–Kier alpha value is -2.29. The number of aromatic nitrogens is 2. The van der Waals surface area contributed by atoms with Crippen LogP contribution in [0.1, 0.15) is 18.7 Å². The molecular formula is C16H20F2N4O3. The van der Waals surface area contributed by atoms with Gasteiger partial charge in [-0.05, 0) is 12.5 Å². The lowest BCUT2D eigenvalue weighted by atomic mass is 10.2. The van der Waals surface area contributed by atoms with Crippen LogP contribution in [0, 0.1) is 0 Å². The second-order valence-corrected chi connectivity index (χ2v) is 5.95. The number of furan rings is 1. The third kappa shape index (κ3) is 4.85. The van der Waals surface area contributed by atoms with Gasteiger partial charge >= 0.3 is 0 Å². The van der Waals surface area contributed by atoms with Gasteiger partial charge in [-0.1, -0.05) is 5.16 Å². The van der Waals surface area contributed by atoms with Crippen LogP contribution in [-0.2, 0) is 11.2 Å². The minimum absolute atomic E-state index is 0.0260. The lowest BCUT2D eigenvalue weighted by molar-refractivity contribution is -0.131. The number of hydrogen-bond donors (Lipinski definition) is 0. The maximum atomic E-state index is 12.5. The average Bonchev–Trinajstić information content (AvgIpc) is 3.21. The molecule has 9 heteroatoms. The van der Waals surface area contributed by atoms with Crippen molar-refractivity contribution in [2.75, 3.05) is 32.7 Å². The Morgan fingerprint density at radius 3 is 2.92 bits per heavy atom. The van der Waals surface area contributed by atoms with E-state index in [2.05, 4.69) is 10.1 Å². The van der Waals surface area contributed by atoms with Gasteiger partial charge in [0.15, 0.2) is 0 Å². The molecule has 0 radical (unpaired) electrons. The van der Waals surface area contributed by atoms with Crippen molar-refractivity contribution in [3.63, 3.8) is 0 Å². The number of alkyl halides is 2. The highest BCUT2D eigenvalue weighted by Gasteiger charge is 2.21. The first-order chi connectivity index (χ1) is 12.1. The largest absolute Gasteiger partial charge is 0.472 e. The van der Waals surface area contributed by atoms with Gasteiger partial charge in [0.25, 0.3) is 6.43 Å². The summed E-state index contributed by atoms with van der Waals surface area (Å²) in [7, 11) is 0. The van der Waals surface area contributed by atoms with Gasteiger partial charge in [-0.3, -0.25) is 9.69 Å².